The first kappa shape index (κ1) is 15.4. The molecule has 0 unspecified atom stereocenters. The molecule has 0 fully saturated rings. The normalized spacial score (nSPS) is 10.7. The van der Waals surface area contributed by atoms with Gasteiger partial charge in [0.2, 0.25) is 0 Å². The molecule has 0 radical (unpaired) electrons. The van der Waals surface area contributed by atoms with Crippen LogP contribution >= 0.6 is 22.6 Å². The van der Waals surface area contributed by atoms with Gasteiger partial charge in [-0.05, 0) is 54.2 Å². The fourth-order valence-corrected chi connectivity index (χ4v) is 2.51. The minimum Gasteiger partial charge on any atom is -0.462 e. The molecule has 0 N–H and O–H groups in total. The van der Waals surface area contributed by atoms with E-state index >= 15 is 0 Å². The molecule has 0 atom stereocenters. The van der Waals surface area contributed by atoms with Crippen molar-refractivity contribution < 1.29 is 9.53 Å². The first-order chi connectivity index (χ1) is 8.63. The number of carbonyl (C=O) groups is 1. The van der Waals surface area contributed by atoms with E-state index in [-0.39, 0.29) is 5.97 Å². The van der Waals surface area contributed by atoms with E-state index in [1.54, 1.807) is 0 Å². The molecule has 1 rings (SSSR count). The van der Waals surface area contributed by atoms with Crippen molar-refractivity contribution in [1.29, 1.82) is 0 Å². The fraction of sp³-hybridized carbons (Fsp3) is 0.500. The molecule has 0 aliphatic carbocycles. The van der Waals surface area contributed by atoms with Crippen LogP contribution in [0.5, 0.6) is 0 Å². The summed E-state index contributed by atoms with van der Waals surface area (Å²) in [6.45, 7) is 9.42. The van der Waals surface area contributed by atoms with Crippen LogP contribution in [0.15, 0.2) is 18.2 Å². The lowest BCUT2D eigenvalue weighted by Gasteiger charge is -2.19. The highest BCUT2D eigenvalue weighted by Crippen LogP contribution is 2.20. The minimum atomic E-state index is -0.233. The molecule has 0 heterocycles. The van der Waals surface area contributed by atoms with Crippen LogP contribution in [0.25, 0.3) is 0 Å². The molecule has 0 amide bonds. The number of ether oxygens (including phenoxy) is 1. The molecular weight excluding hydrogens is 341 g/mol. The van der Waals surface area contributed by atoms with E-state index in [4.69, 9.17) is 4.74 Å². The van der Waals surface area contributed by atoms with Crippen LogP contribution in [-0.4, -0.2) is 30.6 Å². The van der Waals surface area contributed by atoms with Crippen molar-refractivity contribution in [1.82, 2.24) is 4.90 Å². The summed E-state index contributed by atoms with van der Waals surface area (Å²) in [5.74, 6) is -0.233. The predicted octanol–water partition coefficient (Wildman–Crippen LogP) is 3.31. The molecule has 0 aliphatic rings. The number of hydrogen-bond donors (Lipinski definition) is 0. The Balaban J connectivity index is 2.94. The Kier molecular flexibility index (Phi) is 6.63. The van der Waals surface area contributed by atoms with Crippen molar-refractivity contribution in [3.63, 3.8) is 0 Å². The Labute approximate surface area is 123 Å². The van der Waals surface area contributed by atoms with Gasteiger partial charge in [-0.25, -0.2) is 4.79 Å². The lowest BCUT2D eigenvalue weighted by atomic mass is 10.1. The van der Waals surface area contributed by atoms with E-state index in [1.165, 1.54) is 5.56 Å². The molecule has 100 valence electrons. The number of nitrogens with zero attached hydrogens (tertiary/aromatic N) is 1. The van der Waals surface area contributed by atoms with E-state index in [0.29, 0.717) is 12.2 Å². The number of hydrogen-bond acceptors (Lipinski definition) is 3. The van der Waals surface area contributed by atoms with Crippen LogP contribution in [-0.2, 0) is 11.3 Å². The summed E-state index contributed by atoms with van der Waals surface area (Å²) in [6, 6.07) is 5.82. The van der Waals surface area contributed by atoms with Crippen molar-refractivity contribution >= 4 is 28.6 Å². The van der Waals surface area contributed by atoms with Gasteiger partial charge in [-0.2, -0.15) is 0 Å². The Morgan fingerprint density at radius 3 is 2.50 bits per heavy atom. The third kappa shape index (κ3) is 3.95. The van der Waals surface area contributed by atoms with Gasteiger partial charge in [0.25, 0.3) is 0 Å². The molecule has 0 aliphatic heterocycles. The second kappa shape index (κ2) is 7.74. The van der Waals surface area contributed by atoms with Gasteiger partial charge in [0.05, 0.1) is 12.2 Å². The van der Waals surface area contributed by atoms with Gasteiger partial charge in [0.1, 0.15) is 0 Å². The summed E-state index contributed by atoms with van der Waals surface area (Å²) < 4.78 is 6.06. The lowest BCUT2D eigenvalue weighted by molar-refractivity contribution is 0.0525. The second-order valence-electron chi connectivity index (χ2n) is 3.96. The van der Waals surface area contributed by atoms with Crippen molar-refractivity contribution in [3.05, 3.63) is 32.9 Å². The highest BCUT2D eigenvalue weighted by atomic mass is 127. The predicted molar refractivity (Wildman–Crippen MR) is 81.7 cm³/mol. The molecule has 3 nitrogen and oxygen atoms in total. The zero-order valence-corrected chi connectivity index (χ0v) is 13.4. The van der Waals surface area contributed by atoms with Crippen LogP contribution in [0.2, 0.25) is 0 Å². The maximum atomic E-state index is 11.8. The van der Waals surface area contributed by atoms with Crippen molar-refractivity contribution in [2.75, 3.05) is 19.7 Å². The summed E-state index contributed by atoms with van der Waals surface area (Å²) in [4.78, 5) is 14.1. The quantitative estimate of drug-likeness (QED) is 0.575. The van der Waals surface area contributed by atoms with Gasteiger partial charge in [-0.1, -0.05) is 26.0 Å². The summed E-state index contributed by atoms with van der Waals surface area (Å²) >= 11 is 2.23. The molecule has 0 spiro atoms. The van der Waals surface area contributed by atoms with Gasteiger partial charge in [0, 0.05) is 10.1 Å². The van der Waals surface area contributed by atoms with Crippen LogP contribution < -0.4 is 0 Å². The summed E-state index contributed by atoms with van der Waals surface area (Å²) in [5.41, 5.74) is 1.85. The number of esters is 1. The van der Waals surface area contributed by atoms with Crippen LogP contribution in [0.3, 0.4) is 0 Å². The van der Waals surface area contributed by atoms with Crippen molar-refractivity contribution in [3.8, 4) is 0 Å². The van der Waals surface area contributed by atoms with Gasteiger partial charge in [-0.15, -0.1) is 0 Å². The van der Waals surface area contributed by atoms with E-state index < -0.39 is 0 Å². The standard InChI is InChI=1S/C14H20INO2/c1-4-16(5-2)10-11-8-7-9-12(13(11)15)14(17)18-6-3/h7-9H,4-6,10H2,1-3H3. The van der Waals surface area contributed by atoms with Crippen LogP contribution in [0.1, 0.15) is 36.7 Å². The first-order valence-corrected chi connectivity index (χ1v) is 7.38. The highest BCUT2D eigenvalue weighted by molar-refractivity contribution is 14.1. The maximum absolute atomic E-state index is 11.8. The third-order valence-electron chi connectivity index (χ3n) is 2.86. The molecular formula is C14H20INO2. The second-order valence-corrected chi connectivity index (χ2v) is 5.04. The SMILES string of the molecule is CCOC(=O)c1cccc(CN(CC)CC)c1I. The van der Waals surface area contributed by atoms with Gasteiger partial charge >= 0.3 is 5.97 Å². The van der Waals surface area contributed by atoms with Gasteiger partial charge in [0.15, 0.2) is 0 Å². The molecule has 0 saturated heterocycles. The molecule has 1 aromatic carbocycles. The first-order valence-electron chi connectivity index (χ1n) is 6.30. The van der Waals surface area contributed by atoms with Crippen LogP contribution in [0.4, 0.5) is 0 Å². The third-order valence-corrected chi connectivity index (χ3v) is 4.14. The zero-order chi connectivity index (χ0) is 13.5. The maximum Gasteiger partial charge on any atom is 0.339 e. The summed E-state index contributed by atoms with van der Waals surface area (Å²) in [6.07, 6.45) is 0. The van der Waals surface area contributed by atoms with Crippen LogP contribution in [0, 0.1) is 3.57 Å². The molecule has 0 aromatic heterocycles. The molecule has 18 heavy (non-hydrogen) atoms. The highest BCUT2D eigenvalue weighted by Gasteiger charge is 2.14. The summed E-state index contributed by atoms with van der Waals surface area (Å²) in [5, 5.41) is 0. The van der Waals surface area contributed by atoms with E-state index in [1.807, 2.05) is 19.1 Å². The van der Waals surface area contributed by atoms with Crippen molar-refractivity contribution in [2.45, 2.75) is 27.3 Å². The number of benzene rings is 1. The molecule has 0 saturated carbocycles. The minimum absolute atomic E-state index is 0.233. The smallest absolute Gasteiger partial charge is 0.339 e. The van der Waals surface area contributed by atoms with E-state index in [0.717, 1.165) is 23.2 Å². The topological polar surface area (TPSA) is 29.5 Å². The number of carbonyl (C=O) groups excluding carboxylic acids is 1. The average Bonchev–Trinajstić information content (AvgIpc) is 2.37. The average molecular weight is 361 g/mol. The van der Waals surface area contributed by atoms with E-state index in [2.05, 4.69) is 47.4 Å². The Hall–Kier alpha value is -0.620. The number of halogens is 1. The fourth-order valence-electron chi connectivity index (χ4n) is 1.76. The molecule has 1 aromatic rings. The Morgan fingerprint density at radius 1 is 1.28 bits per heavy atom. The summed E-state index contributed by atoms with van der Waals surface area (Å²) in [7, 11) is 0. The Bertz CT molecular complexity index is 403. The van der Waals surface area contributed by atoms with Crippen molar-refractivity contribution in [2.24, 2.45) is 0 Å². The largest absolute Gasteiger partial charge is 0.462 e. The van der Waals surface area contributed by atoms with Gasteiger partial charge in [-0.3, -0.25) is 4.90 Å². The Morgan fingerprint density at radius 2 is 1.94 bits per heavy atom. The number of rotatable bonds is 6. The zero-order valence-electron chi connectivity index (χ0n) is 11.2. The van der Waals surface area contributed by atoms with Gasteiger partial charge < -0.3 is 4.74 Å². The molecule has 4 heteroatoms. The molecule has 0 bridgehead atoms. The van der Waals surface area contributed by atoms with E-state index in [9.17, 15) is 4.79 Å². The monoisotopic (exact) mass is 361 g/mol. The lowest BCUT2D eigenvalue weighted by Crippen LogP contribution is -2.23.